The zero-order chi connectivity index (χ0) is 13.8. The molecular formula is C16H16Cl2O. The van der Waals surface area contributed by atoms with E-state index in [1.165, 1.54) is 0 Å². The fraction of sp³-hybridized carbons (Fsp3) is 0.250. The largest absolute Gasteiger partial charge is 0.366 e. The molecule has 0 amide bonds. The lowest BCUT2D eigenvalue weighted by molar-refractivity contribution is 0.00587. The standard InChI is InChI=1S/C16H16Cl2O/c1-11(13-3-7-15(17)8-4-13)19-12(2)14-5-9-16(18)10-6-14/h3-12H,1-2H3/t11-,12+. The average Bonchev–Trinajstić information content (AvgIpc) is 2.40. The second kappa shape index (κ2) is 6.42. The Kier molecular flexibility index (Phi) is 4.87. The second-order valence-corrected chi connectivity index (χ2v) is 5.40. The van der Waals surface area contributed by atoms with Gasteiger partial charge in [0.15, 0.2) is 0 Å². The summed E-state index contributed by atoms with van der Waals surface area (Å²) < 4.78 is 6.02. The van der Waals surface area contributed by atoms with Gasteiger partial charge in [0.05, 0.1) is 12.2 Å². The Morgan fingerprint density at radius 2 is 1.00 bits per heavy atom. The molecular weight excluding hydrogens is 279 g/mol. The zero-order valence-corrected chi connectivity index (χ0v) is 12.4. The van der Waals surface area contributed by atoms with Crippen molar-refractivity contribution in [1.29, 1.82) is 0 Å². The third-order valence-electron chi connectivity index (χ3n) is 3.09. The Balaban J connectivity index is 2.03. The number of halogens is 2. The van der Waals surface area contributed by atoms with Crippen LogP contribution in [0.2, 0.25) is 10.0 Å². The highest BCUT2D eigenvalue weighted by Crippen LogP contribution is 2.27. The Labute approximate surface area is 124 Å². The van der Waals surface area contributed by atoms with Gasteiger partial charge in [0.25, 0.3) is 0 Å². The molecule has 2 aromatic carbocycles. The number of rotatable bonds is 4. The molecule has 2 rings (SSSR count). The molecule has 0 spiro atoms. The van der Waals surface area contributed by atoms with Crippen molar-refractivity contribution in [2.24, 2.45) is 0 Å². The molecule has 19 heavy (non-hydrogen) atoms. The first kappa shape index (κ1) is 14.4. The molecule has 0 saturated heterocycles. The van der Waals surface area contributed by atoms with E-state index in [9.17, 15) is 0 Å². The van der Waals surface area contributed by atoms with Gasteiger partial charge < -0.3 is 4.74 Å². The molecule has 0 aromatic heterocycles. The minimum Gasteiger partial charge on any atom is -0.366 e. The van der Waals surface area contributed by atoms with E-state index in [1.807, 2.05) is 62.4 Å². The van der Waals surface area contributed by atoms with Crippen molar-refractivity contribution in [2.45, 2.75) is 26.1 Å². The third-order valence-corrected chi connectivity index (χ3v) is 3.59. The molecule has 3 heteroatoms. The van der Waals surface area contributed by atoms with Gasteiger partial charge in [-0.2, -0.15) is 0 Å². The van der Waals surface area contributed by atoms with E-state index >= 15 is 0 Å². The van der Waals surface area contributed by atoms with Gasteiger partial charge >= 0.3 is 0 Å². The van der Waals surface area contributed by atoms with E-state index in [0.29, 0.717) is 0 Å². The van der Waals surface area contributed by atoms with Gasteiger partial charge in [-0.25, -0.2) is 0 Å². The summed E-state index contributed by atoms with van der Waals surface area (Å²) >= 11 is 11.8. The van der Waals surface area contributed by atoms with Crippen LogP contribution >= 0.6 is 23.2 Å². The summed E-state index contributed by atoms with van der Waals surface area (Å²) in [6.45, 7) is 4.07. The molecule has 0 bridgehead atoms. The van der Waals surface area contributed by atoms with Crippen LogP contribution < -0.4 is 0 Å². The number of ether oxygens (including phenoxy) is 1. The number of benzene rings is 2. The van der Waals surface area contributed by atoms with Crippen LogP contribution in [0.4, 0.5) is 0 Å². The first-order chi connectivity index (χ1) is 9.06. The molecule has 2 aromatic rings. The minimum absolute atomic E-state index is 0.0166. The predicted octanol–water partition coefficient (Wildman–Crippen LogP) is 5.83. The van der Waals surface area contributed by atoms with Gasteiger partial charge in [-0.05, 0) is 49.2 Å². The summed E-state index contributed by atoms with van der Waals surface area (Å²) in [4.78, 5) is 0. The van der Waals surface area contributed by atoms with Crippen LogP contribution in [0, 0.1) is 0 Å². The van der Waals surface area contributed by atoms with Crippen LogP contribution in [-0.2, 0) is 4.74 Å². The van der Waals surface area contributed by atoms with Crippen molar-refractivity contribution in [3.63, 3.8) is 0 Å². The summed E-state index contributed by atoms with van der Waals surface area (Å²) in [6, 6.07) is 15.5. The quantitative estimate of drug-likeness (QED) is 0.689. The highest BCUT2D eigenvalue weighted by molar-refractivity contribution is 6.30. The van der Waals surface area contributed by atoms with Gasteiger partial charge in [-0.3, -0.25) is 0 Å². The summed E-state index contributed by atoms with van der Waals surface area (Å²) in [5, 5.41) is 1.48. The van der Waals surface area contributed by atoms with Crippen molar-refractivity contribution in [2.75, 3.05) is 0 Å². The van der Waals surface area contributed by atoms with Gasteiger partial charge in [0.1, 0.15) is 0 Å². The first-order valence-electron chi connectivity index (χ1n) is 6.22. The average molecular weight is 295 g/mol. The normalized spacial score (nSPS) is 14.1. The second-order valence-electron chi connectivity index (χ2n) is 4.52. The van der Waals surface area contributed by atoms with Gasteiger partial charge in [-0.1, -0.05) is 47.5 Å². The Morgan fingerprint density at radius 1 is 0.684 bits per heavy atom. The molecule has 0 radical (unpaired) electrons. The fourth-order valence-electron chi connectivity index (χ4n) is 1.93. The van der Waals surface area contributed by atoms with Crippen molar-refractivity contribution < 1.29 is 4.74 Å². The van der Waals surface area contributed by atoms with Gasteiger partial charge in [0.2, 0.25) is 0 Å². The number of hydrogen-bond acceptors (Lipinski definition) is 1. The smallest absolute Gasteiger partial charge is 0.0805 e. The summed E-state index contributed by atoms with van der Waals surface area (Å²) in [7, 11) is 0. The molecule has 100 valence electrons. The molecule has 0 saturated carbocycles. The predicted molar refractivity (Wildman–Crippen MR) is 80.8 cm³/mol. The van der Waals surface area contributed by atoms with Crippen LogP contribution in [0.1, 0.15) is 37.2 Å². The molecule has 0 fully saturated rings. The molecule has 2 atom stereocenters. The van der Waals surface area contributed by atoms with Crippen molar-refractivity contribution in [1.82, 2.24) is 0 Å². The van der Waals surface area contributed by atoms with Crippen LogP contribution in [0.15, 0.2) is 48.5 Å². The van der Waals surface area contributed by atoms with Crippen LogP contribution in [0.25, 0.3) is 0 Å². The Morgan fingerprint density at radius 3 is 1.32 bits per heavy atom. The lowest BCUT2D eigenvalue weighted by atomic mass is 10.1. The highest BCUT2D eigenvalue weighted by atomic mass is 35.5. The summed E-state index contributed by atoms with van der Waals surface area (Å²) in [6.07, 6.45) is 0.0332. The SMILES string of the molecule is C[C@H](O[C@H](C)c1ccc(Cl)cc1)c1ccc(Cl)cc1. The van der Waals surface area contributed by atoms with E-state index in [-0.39, 0.29) is 12.2 Å². The van der Waals surface area contributed by atoms with Crippen LogP contribution in [0.5, 0.6) is 0 Å². The van der Waals surface area contributed by atoms with Gasteiger partial charge in [0, 0.05) is 10.0 Å². The van der Waals surface area contributed by atoms with Gasteiger partial charge in [-0.15, -0.1) is 0 Å². The highest BCUT2D eigenvalue weighted by Gasteiger charge is 2.12. The third kappa shape index (κ3) is 3.97. The molecule has 0 aliphatic carbocycles. The van der Waals surface area contributed by atoms with E-state index in [4.69, 9.17) is 27.9 Å². The van der Waals surface area contributed by atoms with Crippen molar-refractivity contribution in [3.8, 4) is 0 Å². The molecule has 1 nitrogen and oxygen atoms in total. The zero-order valence-electron chi connectivity index (χ0n) is 10.9. The maximum absolute atomic E-state index is 6.02. The minimum atomic E-state index is 0.0166. The fourth-order valence-corrected chi connectivity index (χ4v) is 2.18. The van der Waals surface area contributed by atoms with E-state index < -0.39 is 0 Å². The Bertz CT molecular complexity index is 470. The topological polar surface area (TPSA) is 9.23 Å². The maximum Gasteiger partial charge on any atom is 0.0805 e. The number of hydrogen-bond donors (Lipinski definition) is 0. The maximum atomic E-state index is 6.02. The molecule has 0 unspecified atom stereocenters. The van der Waals surface area contributed by atoms with Crippen LogP contribution in [0.3, 0.4) is 0 Å². The molecule has 0 aliphatic heterocycles. The molecule has 0 heterocycles. The van der Waals surface area contributed by atoms with Crippen molar-refractivity contribution >= 4 is 23.2 Å². The van der Waals surface area contributed by atoms with E-state index in [0.717, 1.165) is 21.2 Å². The molecule has 0 N–H and O–H groups in total. The lowest BCUT2D eigenvalue weighted by Gasteiger charge is -2.20. The summed E-state index contributed by atoms with van der Waals surface area (Å²) in [5.74, 6) is 0. The Hall–Kier alpha value is -1.02. The monoisotopic (exact) mass is 294 g/mol. The summed E-state index contributed by atoms with van der Waals surface area (Å²) in [5.41, 5.74) is 2.23. The lowest BCUT2D eigenvalue weighted by Crippen LogP contribution is -2.05. The first-order valence-corrected chi connectivity index (χ1v) is 6.98. The van der Waals surface area contributed by atoms with Crippen molar-refractivity contribution in [3.05, 3.63) is 69.7 Å². The van der Waals surface area contributed by atoms with E-state index in [1.54, 1.807) is 0 Å². The van der Waals surface area contributed by atoms with E-state index in [2.05, 4.69) is 0 Å². The van der Waals surface area contributed by atoms with Crippen LogP contribution in [-0.4, -0.2) is 0 Å². The molecule has 0 aliphatic rings.